The van der Waals surface area contributed by atoms with Crippen LogP contribution in [0.4, 0.5) is 5.69 Å². The molecule has 7 heteroatoms. The van der Waals surface area contributed by atoms with Crippen LogP contribution in [0, 0.1) is 10.1 Å². The number of para-hydroxylation sites is 1. The van der Waals surface area contributed by atoms with Gasteiger partial charge in [0, 0.05) is 18.7 Å². The first-order chi connectivity index (χ1) is 8.68. The zero-order valence-electron chi connectivity index (χ0n) is 10.3. The third-order valence-electron chi connectivity index (χ3n) is 2.98. The molecule has 1 fully saturated rings. The molecule has 0 saturated carbocycles. The Balaban J connectivity index is 0.00000180. The number of nitrogens with zero attached hydrogens (tertiary/aromatic N) is 1. The van der Waals surface area contributed by atoms with E-state index in [0.717, 1.165) is 19.4 Å². The van der Waals surface area contributed by atoms with E-state index in [9.17, 15) is 14.9 Å². The summed E-state index contributed by atoms with van der Waals surface area (Å²) in [4.78, 5) is 22.3. The van der Waals surface area contributed by atoms with Gasteiger partial charge in [-0.3, -0.25) is 14.9 Å². The number of halogens is 1. The highest BCUT2D eigenvalue weighted by Crippen LogP contribution is 2.17. The average molecular weight is 286 g/mol. The first kappa shape index (κ1) is 15.4. The fraction of sp³-hybridized carbons (Fsp3) is 0.417. The van der Waals surface area contributed by atoms with E-state index in [1.807, 2.05) is 0 Å². The number of piperidine rings is 1. The minimum absolute atomic E-state index is 0. The minimum atomic E-state index is -0.534. The molecule has 1 aliphatic heterocycles. The molecule has 1 aliphatic rings. The van der Waals surface area contributed by atoms with E-state index in [1.54, 1.807) is 12.1 Å². The van der Waals surface area contributed by atoms with Crippen LogP contribution in [-0.2, 0) is 0 Å². The lowest BCUT2D eigenvalue weighted by Crippen LogP contribution is -2.45. The van der Waals surface area contributed by atoms with Gasteiger partial charge >= 0.3 is 0 Å². The number of hydrogen-bond acceptors (Lipinski definition) is 4. The molecule has 0 aliphatic carbocycles. The summed E-state index contributed by atoms with van der Waals surface area (Å²) < 4.78 is 0. The maximum Gasteiger partial charge on any atom is 0.282 e. The van der Waals surface area contributed by atoms with Crippen LogP contribution >= 0.6 is 12.4 Å². The van der Waals surface area contributed by atoms with Crippen LogP contribution in [0.5, 0.6) is 0 Å². The first-order valence-corrected chi connectivity index (χ1v) is 5.93. The van der Waals surface area contributed by atoms with Gasteiger partial charge in [-0.25, -0.2) is 0 Å². The maximum atomic E-state index is 12.0. The van der Waals surface area contributed by atoms with E-state index in [-0.39, 0.29) is 35.6 Å². The molecule has 1 aromatic carbocycles. The first-order valence-electron chi connectivity index (χ1n) is 5.93. The summed E-state index contributed by atoms with van der Waals surface area (Å²) in [5, 5.41) is 16.8. The zero-order chi connectivity index (χ0) is 13.0. The summed E-state index contributed by atoms with van der Waals surface area (Å²) >= 11 is 0. The monoisotopic (exact) mass is 285 g/mol. The Labute approximate surface area is 117 Å². The lowest BCUT2D eigenvalue weighted by molar-refractivity contribution is -0.385. The van der Waals surface area contributed by atoms with E-state index in [4.69, 9.17) is 0 Å². The van der Waals surface area contributed by atoms with Crippen LogP contribution in [0.15, 0.2) is 24.3 Å². The van der Waals surface area contributed by atoms with Gasteiger partial charge in [-0.15, -0.1) is 12.4 Å². The van der Waals surface area contributed by atoms with Gasteiger partial charge < -0.3 is 10.6 Å². The van der Waals surface area contributed by atoms with Crippen LogP contribution < -0.4 is 10.6 Å². The smallest absolute Gasteiger partial charge is 0.282 e. The lowest BCUT2D eigenvalue weighted by atomic mass is 10.1. The number of benzene rings is 1. The van der Waals surface area contributed by atoms with Crippen molar-refractivity contribution in [2.24, 2.45) is 0 Å². The van der Waals surface area contributed by atoms with E-state index >= 15 is 0 Å². The number of carbonyl (C=O) groups excluding carboxylic acids is 1. The predicted molar refractivity (Wildman–Crippen MR) is 73.7 cm³/mol. The van der Waals surface area contributed by atoms with E-state index in [0.29, 0.717) is 6.54 Å². The van der Waals surface area contributed by atoms with Crippen molar-refractivity contribution in [2.75, 3.05) is 13.1 Å². The minimum Gasteiger partial charge on any atom is -0.348 e. The number of nitrogens with one attached hydrogen (secondary N) is 2. The molecule has 0 bridgehead atoms. The second kappa shape index (κ2) is 7.06. The largest absolute Gasteiger partial charge is 0.348 e. The molecule has 2 N–H and O–H groups in total. The topological polar surface area (TPSA) is 84.3 Å². The highest BCUT2D eigenvalue weighted by Gasteiger charge is 2.22. The molecule has 0 radical (unpaired) electrons. The molecule has 19 heavy (non-hydrogen) atoms. The van der Waals surface area contributed by atoms with Gasteiger partial charge in [0.05, 0.1) is 4.92 Å². The van der Waals surface area contributed by atoms with Gasteiger partial charge in [-0.2, -0.15) is 0 Å². The number of hydrogen-bond donors (Lipinski definition) is 2. The Kier molecular flexibility index (Phi) is 5.72. The Morgan fingerprint density at radius 1 is 1.42 bits per heavy atom. The van der Waals surface area contributed by atoms with Crippen molar-refractivity contribution in [1.29, 1.82) is 0 Å². The summed E-state index contributed by atoms with van der Waals surface area (Å²) in [6.07, 6.45) is 1.90. The Hall–Kier alpha value is -1.66. The number of nitro benzene ring substituents is 1. The van der Waals surface area contributed by atoms with Gasteiger partial charge in [0.15, 0.2) is 0 Å². The molecule has 1 saturated heterocycles. The molecule has 1 aromatic rings. The third-order valence-corrected chi connectivity index (χ3v) is 2.98. The van der Waals surface area contributed by atoms with Gasteiger partial charge in [0.2, 0.25) is 0 Å². The highest BCUT2D eigenvalue weighted by molar-refractivity contribution is 5.98. The molecule has 1 amide bonds. The lowest BCUT2D eigenvalue weighted by Gasteiger charge is -2.23. The van der Waals surface area contributed by atoms with Crippen molar-refractivity contribution in [3.63, 3.8) is 0 Å². The van der Waals surface area contributed by atoms with Crippen LogP contribution in [0.3, 0.4) is 0 Å². The molecule has 6 nitrogen and oxygen atoms in total. The molecule has 0 aromatic heterocycles. The second-order valence-electron chi connectivity index (χ2n) is 4.29. The molecular formula is C12H16ClN3O3. The second-order valence-corrected chi connectivity index (χ2v) is 4.29. The summed E-state index contributed by atoms with van der Waals surface area (Å²) in [5.41, 5.74) is -0.0353. The highest BCUT2D eigenvalue weighted by atomic mass is 35.5. The van der Waals surface area contributed by atoms with Crippen LogP contribution in [0.25, 0.3) is 0 Å². The normalized spacial score (nSPS) is 18.2. The van der Waals surface area contributed by atoms with Crippen molar-refractivity contribution in [1.82, 2.24) is 10.6 Å². The van der Waals surface area contributed by atoms with E-state index in [1.165, 1.54) is 12.1 Å². The number of rotatable bonds is 3. The van der Waals surface area contributed by atoms with Gasteiger partial charge in [-0.05, 0) is 25.5 Å². The standard InChI is InChI=1S/C12H15N3O3.ClH/c16-12(14-9-4-3-7-13-8-9)10-5-1-2-6-11(10)15(17)18;/h1-2,5-6,9,13H,3-4,7-8H2,(H,14,16);1H/t9-;/m1./s1. The zero-order valence-corrected chi connectivity index (χ0v) is 11.1. The van der Waals surface area contributed by atoms with Crippen LogP contribution in [0.1, 0.15) is 23.2 Å². The summed E-state index contributed by atoms with van der Waals surface area (Å²) in [5.74, 6) is -0.379. The molecule has 0 unspecified atom stereocenters. The molecule has 2 rings (SSSR count). The van der Waals surface area contributed by atoms with E-state index in [2.05, 4.69) is 10.6 Å². The molecular weight excluding hydrogens is 270 g/mol. The van der Waals surface area contributed by atoms with Gasteiger partial charge in [0.1, 0.15) is 5.56 Å². The average Bonchev–Trinajstić information content (AvgIpc) is 2.40. The summed E-state index contributed by atoms with van der Waals surface area (Å²) in [6, 6.07) is 6.04. The molecule has 0 spiro atoms. The van der Waals surface area contributed by atoms with E-state index < -0.39 is 4.92 Å². The molecule has 1 heterocycles. The maximum absolute atomic E-state index is 12.0. The number of nitro groups is 1. The van der Waals surface area contributed by atoms with Crippen molar-refractivity contribution in [2.45, 2.75) is 18.9 Å². The summed E-state index contributed by atoms with van der Waals surface area (Å²) in [7, 11) is 0. The quantitative estimate of drug-likeness (QED) is 0.651. The van der Waals surface area contributed by atoms with Crippen LogP contribution in [-0.4, -0.2) is 30.0 Å². The summed E-state index contributed by atoms with van der Waals surface area (Å²) in [6.45, 7) is 1.67. The van der Waals surface area contributed by atoms with Crippen molar-refractivity contribution in [3.8, 4) is 0 Å². The van der Waals surface area contributed by atoms with Crippen molar-refractivity contribution >= 4 is 24.0 Å². The number of amides is 1. The van der Waals surface area contributed by atoms with Crippen molar-refractivity contribution < 1.29 is 9.72 Å². The van der Waals surface area contributed by atoms with Crippen molar-refractivity contribution in [3.05, 3.63) is 39.9 Å². The fourth-order valence-corrected chi connectivity index (χ4v) is 2.06. The number of carbonyl (C=O) groups is 1. The Morgan fingerprint density at radius 3 is 2.79 bits per heavy atom. The van der Waals surface area contributed by atoms with Gasteiger partial charge in [-0.1, -0.05) is 12.1 Å². The SMILES string of the molecule is Cl.O=C(N[C@@H]1CCCNC1)c1ccccc1[N+](=O)[O-]. The molecule has 1 atom stereocenters. The predicted octanol–water partition coefficient (Wildman–Crippen LogP) is 1.50. The Bertz CT molecular complexity index is 461. The third kappa shape index (κ3) is 3.90. The molecule has 104 valence electrons. The van der Waals surface area contributed by atoms with Gasteiger partial charge in [0.25, 0.3) is 11.6 Å². The fourth-order valence-electron chi connectivity index (χ4n) is 2.06. The van der Waals surface area contributed by atoms with Crippen LogP contribution in [0.2, 0.25) is 0 Å². The Morgan fingerprint density at radius 2 is 2.16 bits per heavy atom.